The first kappa shape index (κ1) is 20.1. The average Bonchev–Trinajstić information content (AvgIpc) is 3.11. The van der Waals surface area contributed by atoms with Crippen LogP contribution in [0, 0.1) is 0 Å². The number of carbonyl (C=O) groups excluding carboxylic acids is 1. The van der Waals surface area contributed by atoms with Crippen molar-refractivity contribution in [2.45, 2.75) is 32.9 Å². The molecule has 0 fully saturated rings. The minimum absolute atomic E-state index is 0.0678. The number of amides is 2. The first-order chi connectivity index (χ1) is 15.3. The third-order valence-corrected chi connectivity index (χ3v) is 5.62. The number of rotatable bonds is 3. The van der Waals surface area contributed by atoms with Gasteiger partial charge >= 0.3 is 6.03 Å². The van der Waals surface area contributed by atoms with E-state index in [1.54, 1.807) is 11.9 Å². The van der Waals surface area contributed by atoms with Crippen molar-refractivity contribution in [1.82, 2.24) is 14.3 Å². The van der Waals surface area contributed by atoms with Crippen molar-refractivity contribution in [3.63, 3.8) is 0 Å². The highest BCUT2D eigenvalue weighted by Crippen LogP contribution is 2.33. The van der Waals surface area contributed by atoms with Crippen LogP contribution in [0.15, 0.2) is 66.9 Å². The number of fused-ring (bicyclic) bond motifs is 2. The Labute approximate surface area is 187 Å². The third-order valence-electron chi connectivity index (χ3n) is 5.62. The Morgan fingerprint density at radius 1 is 0.969 bits per heavy atom. The molecule has 0 radical (unpaired) electrons. The Morgan fingerprint density at radius 3 is 2.44 bits per heavy atom. The van der Waals surface area contributed by atoms with E-state index in [-0.39, 0.29) is 11.6 Å². The van der Waals surface area contributed by atoms with Crippen molar-refractivity contribution in [3.05, 3.63) is 72.4 Å². The number of carbonyl (C=O) groups is 1. The number of benzene rings is 2. The number of urea groups is 1. The smallest absolute Gasteiger partial charge is 0.321 e. The summed E-state index contributed by atoms with van der Waals surface area (Å²) in [6.07, 6.45) is 2.04. The van der Waals surface area contributed by atoms with Crippen LogP contribution in [0.3, 0.4) is 0 Å². The number of anilines is 2. The molecule has 2 amide bonds. The van der Waals surface area contributed by atoms with Crippen molar-refractivity contribution in [3.8, 4) is 22.4 Å². The third kappa shape index (κ3) is 3.68. The van der Waals surface area contributed by atoms with Crippen LogP contribution < -0.4 is 10.6 Å². The zero-order chi connectivity index (χ0) is 22.5. The normalized spacial score (nSPS) is 13.8. The SMILES string of the molecule is CN1Cc2cc(-c3ccc(-c4nc5ccccn5c4NC(C)(C)C)cc3)ccc2NC1=O. The Bertz CT molecular complexity index is 1310. The summed E-state index contributed by atoms with van der Waals surface area (Å²) in [7, 11) is 1.80. The van der Waals surface area contributed by atoms with Gasteiger partial charge in [0.1, 0.15) is 17.2 Å². The van der Waals surface area contributed by atoms with Crippen LogP contribution in [-0.4, -0.2) is 32.9 Å². The lowest BCUT2D eigenvalue weighted by Gasteiger charge is -2.26. The summed E-state index contributed by atoms with van der Waals surface area (Å²) in [5.74, 6) is 0.994. The summed E-state index contributed by atoms with van der Waals surface area (Å²) in [4.78, 5) is 18.4. The molecule has 6 heteroatoms. The molecule has 0 spiro atoms. The van der Waals surface area contributed by atoms with Gasteiger partial charge in [0.15, 0.2) is 0 Å². The molecule has 0 unspecified atom stereocenters. The second kappa shape index (κ2) is 7.41. The highest BCUT2D eigenvalue weighted by atomic mass is 16.2. The summed E-state index contributed by atoms with van der Waals surface area (Å²) in [5.41, 5.74) is 7.09. The fraction of sp³-hybridized carbons (Fsp3) is 0.231. The Balaban J connectivity index is 1.51. The molecule has 4 aromatic rings. The van der Waals surface area contributed by atoms with Gasteiger partial charge in [0.05, 0.1) is 0 Å². The van der Waals surface area contributed by atoms with Crippen LogP contribution in [0.1, 0.15) is 26.3 Å². The molecule has 3 heterocycles. The fourth-order valence-electron chi connectivity index (χ4n) is 4.06. The van der Waals surface area contributed by atoms with E-state index in [9.17, 15) is 4.79 Å². The Morgan fingerprint density at radius 2 is 1.69 bits per heavy atom. The lowest BCUT2D eigenvalue weighted by Crippen LogP contribution is -2.35. The molecule has 1 aliphatic heterocycles. The predicted molar refractivity (Wildman–Crippen MR) is 130 cm³/mol. The van der Waals surface area contributed by atoms with E-state index in [0.29, 0.717) is 6.54 Å². The molecule has 1 aliphatic rings. The van der Waals surface area contributed by atoms with E-state index < -0.39 is 0 Å². The lowest BCUT2D eigenvalue weighted by molar-refractivity contribution is 0.218. The molecule has 162 valence electrons. The van der Waals surface area contributed by atoms with Crippen molar-refractivity contribution in [2.24, 2.45) is 0 Å². The van der Waals surface area contributed by atoms with Gasteiger partial charge in [0, 0.05) is 36.6 Å². The molecule has 2 aromatic heterocycles. The first-order valence-electron chi connectivity index (χ1n) is 10.8. The zero-order valence-corrected chi connectivity index (χ0v) is 18.8. The van der Waals surface area contributed by atoms with E-state index in [4.69, 9.17) is 4.98 Å². The molecule has 0 saturated heterocycles. The quantitative estimate of drug-likeness (QED) is 0.432. The van der Waals surface area contributed by atoms with Gasteiger partial charge in [0.2, 0.25) is 0 Å². The highest BCUT2D eigenvalue weighted by molar-refractivity contribution is 5.92. The molecule has 0 saturated carbocycles. The fourth-order valence-corrected chi connectivity index (χ4v) is 4.06. The largest absolute Gasteiger partial charge is 0.365 e. The molecule has 6 nitrogen and oxygen atoms in total. The summed E-state index contributed by atoms with van der Waals surface area (Å²) in [6.45, 7) is 7.06. The number of aromatic nitrogens is 2. The second-order valence-electron chi connectivity index (χ2n) is 9.35. The van der Waals surface area contributed by atoms with Gasteiger partial charge in [-0.25, -0.2) is 9.78 Å². The van der Waals surface area contributed by atoms with Crippen LogP contribution in [-0.2, 0) is 6.54 Å². The maximum absolute atomic E-state index is 11.9. The standard InChI is InChI=1S/C26H27N5O/c1-26(2,3)29-24-23(28-22-7-5-6-14-31(22)24)18-10-8-17(9-11-18)19-12-13-21-20(15-19)16-30(4)25(32)27-21/h5-15,29H,16H2,1-4H3,(H,27,32). The molecule has 0 aliphatic carbocycles. The van der Waals surface area contributed by atoms with Gasteiger partial charge < -0.3 is 15.5 Å². The van der Waals surface area contributed by atoms with Crippen LogP contribution in [0.25, 0.3) is 28.0 Å². The molecule has 2 aromatic carbocycles. The van der Waals surface area contributed by atoms with Crippen LogP contribution in [0.2, 0.25) is 0 Å². The van der Waals surface area contributed by atoms with Crippen molar-refractivity contribution in [1.29, 1.82) is 0 Å². The van der Waals surface area contributed by atoms with Crippen molar-refractivity contribution < 1.29 is 4.79 Å². The number of nitrogens with one attached hydrogen (secondary N) is 2. The van der Waals surface area contributed by atoms with E-state index in [1.807, 2.05) is 30.5 Å². The topological polar surface area (TPSA) is 61.7 Å². The predicted octanol–water partition coefficient (Wildman–Crippen LogP) is 5.86. The molecule has 32 heavy (non-hydrogen) atoms. The summed E-state index contributed by atoms with van der Waals surface area (Å²) >= 11 is 0. The number of imidazole rings is 1. The van der Waals surface area contributed by atoms with Crippen LogP contribution in [0.5, 0.6) is 0 Å². The van der Waals surface area contributed by atoms with E-state index in [0.717, 1.165) is 45.1 Å². The number of hydrogen-bond acceptors (Lipinski definition) is 3. The zero-order valence-electron chi connectivity index (χ0n) is 18.8. The first-order valence-corrected chi connectivity index (χ1v) is 10.8. The highest BCUT2D eigenvalue weighted by Gasteiger charge is 2.21. The van der Waals surface area contributed by atoms with Crippen LogP contribution >= 0.6 is 0 Å². The van der Waals surface area contributed by atoms with E-state index in [2.05, 4.69) is 72.2 Å². The minimum atomic E-state index is -0.0911. The molecular weight excluding hydrogens is 398 g/mol. The molecular formula is C26H27N5O. The lowest BCUT2D eigenvalue weighted by atomic mass is 9.99. The summed E-state index contributed by atoms with van der Waals surface area (Å²) in [5, 5.41) is 6.55. The van der Waals surface area contributed by atoms with Crippen molar-refractivity contribution in [2.75, 3.05) is 17.7 Å². The van der Waals surface area contributed by atoms with Gasteiger partial charge in [-0.3, -0.25) is 4.40 Å². The minimum Gasteiger partial charge on any atom is -0.365 e. The second-order valence-corrected chi connectivity index (χ2v) is 9.35. The number of hydrogen-bond donors (Lipinski definition) is 2. The Kier molecular flexibility index (Phi) is 4.66. The van der Waals surface area contributed by atoms with Crippen molar-refractivity contribution >= 4 is 23.2 Å². The molecule has 2 N–H and O–H groups in total. The van der Waals surface area contributed by atoms with Gasteiger partial charge in [-0.05, 0) is 61.7 Å². The van der Waals surface area contributed by atoms with Gasteiger partial charge in [-0.1, -0.05) is 36.4 Å². The van der Waals surface area contributed by atoms with Crippen LogP contribution in [0.4, 0.5) is 16.3 Å². The number of nitrogens with zero attached hydrogens (tertiary/aromatic N) is 3. The molecule has 0 bridgehead atoms. The average molecular weight is 426 g/mol. The maximum atomic E-state index is 11.9. The van der Waals surface area contributed by atoms with Gasteiger partial charge in [-0.2, -0.15) is 0 Å². The van der Waals surface area contributed by atoms with Gasteiger partial charge in [-0.15, -0.1) is 0 Å². The van der Waals surface area contributed by atoms with E-state index >= 15 is 0 Å². The summed E-state index contributed by atoms with van der Waals surface area (Å²) in [6, 6.07) is 20.7. The van der Waals surface area contributed by atoms with E-state index in [1.165, 1.54) is 0 Å². The monoisotopic (exact) mass is 425 g/mol. The Hall–Kier alpha value is -3.80. The molecule has 0 atom stereocenters. The van der Waals surface area contributed by atoms with Gasteiger partial charge in [0.25, 0.3) is 0 Å². The summed E-state index contributed by atoms with van der Waals surface area (Å²) < 4.78 is 2.10. The maximum Gasteiger partial charge on any atom is 0.321 e. The molecule has 5 rings (SSSR count). The number of pyridine rings is 1.